The van der Waals surface area contributed by atoms with Crippen molar-refractivity contribution >= 4 is 38.9 Å². The molecule has 2 amide bonds. The Morgan fingerprint density at radius 1 is 1.17 bits per heavy atom. The van der Waals surface area contributed by atoms with E-state index in [0.717, 1.165) is 22.3 Å². The molecule has 0 spiro atoms. The Labute approximate surface area is 205 Å². The largest absolute Gasteiger partial charge is 0.399 e. The summed E-state index contributed by atoms with van der Waals surface area (Å²) in [6.45, 7) is 9.98. The summed E-state index contributed by atoms with van der Waals surface area (Å²) in [7, 11) is -3.28. The fraction of sp³-hybridized carbons (Fsp3) is 0.200. The molecule has 2 aromatic carbocycles. The van der Waals surface area contributed by atoms with E-state index in [0.29, 0.717) is 35.7 Å². The smallest absolute Gasteiger partial charge is 0.250 e. The molecular weight excluding hydrogens is 466 g/mol. The van der Waals surface area contributed by atoms with Gasteiger partial charge in [-0.15, -0.1) is 0 Å². The van der Waals surface area contributed by atoms with Gasteiger partial charge in [-0.05, 0) is 65.9 Å². The number of hydrogen-bond donors (Lipinski definition) is 4. The molecule has 0 saturated heterocycles. The molecule has 0 aliphatic carbocycles. The first kappa shape index (κ1) is 25.7. The van der Waals surface area contributed by atoms with Crippen LogP contribution in [0.3, 0.4) is 0 Å². The molecule has 0 aromatic heterocycles. The first-order valence-electron chi connectivity index (χ1n) is 10.8. The summed E-state index contributed by atoms with van der Waals surface area (Å²) >= 11 is 0. The van der Waals surface area contributed by atoms with Crippen LogP contribution in [0.4, 0.5) is 17.1 Å². The van der Waals surface area contributed by atoms with E-state index in [1.807, 2.05) is 6.92 Å². The third-order valence-electron chi connectivity index (χ3n) is 5.75. The summed E-state index contributed by atoms with van der Waals surface area (Å²) in [5, 5.41) is 5.92. The summed E-state index contributed by atoms with van der Waals surface area (Å²) in [5.74, 6) is -0.974. The van der Waals surface area contributed by atoms with Crippen LogP contribution in [0.1, 0.15) is 22.3 Å². The van der Waals surface area contributed by atoms with Crippen LogP contribution in [0.25, 0.3) is 11.1 Å². The lowest BCUT2D eigenvalue weighted by Crippen LogP contribution is -2.34. The van der Waals surface area contributed by atoms with Gasteiger partial charge in [0.05, 0.1) is 17.5 Å². The monoisotopic (exact) mass is 495 g/mol. The van der Waals surface area contributed by atoms with Crippen LogP contribution in [0.5, 0.6) is 0 Å². The molecule has 1 aliphatic rings. The molecule has 0 atom stereocenters. The first-order chi connectivity index (χ1) is 16.4. The van der Waals surface area contributed by atoms with Gasteiger partial charge in [0.1, 0.15) is 0 Å². The number of amides is 2. The normalized spacial score (nSPS) is 14.1. The minimum Gasteiger partial charge on any atom is -0.399 e. The van der Waals surface area contributed by atoms with Crippen LogP contribution in [-0.4, -0.2) is 43.9 Å². The first-order valence-corrected chi connectivity index (χ1v) is 12.6. The predicted octanol–water partition coefficient (Wildman–Crippen LogP) is 2.98. The van der Waals surface area contributed by atoms with Crippen molar-refractivity contribution in [2.45, 2.75) is 13.3 Å². The van der Waals surface area contributed by atoms with Crippen LogP contribution in [0.2, 0.25) is 0 Å². The van der Waals surface area contributed by atoms with Crippen molar-refractivity contribution < 1.29 is 18.0 Å². The van der Waals surface area contributed by atoms with Crippen molar-refractivity contribution in [1.29, 1.82) is 0 Å². The average Bonchev–Trinajstić information content (AvgIpc) is 2.79. The SMILES string of the molecule is C=CC(=O)Nc1cc(N)cc(-c2ccc(C(N)=O)c(NC(=C)C3=CCN(S(C)(=O)=O)CC3)c2C)c1. The number of allylic oxidation sites excluding steroid dienone is 1. The van der Waals surface area contributed by atoms with E-state index in [1.165, 1.54) is 16.6 Å². The lowest BCUT2D eigenvalue weighted by atomic mass is 9.94. The van der Waals surface area contributed by atoms with Crippen molar-refractivity contribution in [2.75, 3.05) is 35.7 Å². The highest BCUT2D eigenvalue weighted by Crippen LogP contribution is 2.35. The van der Waals surface area contributed by atoms with Gasteiger partial charge in [-0.2, -0.15) is 4.31 Å². The van der Waals surface area contributed by atoms with Crippen LogP contribution < -0.4 is 22.1 Å². The zero-order valence-corrected chi connectivity index (χ0v) is 20.5. The second kappa shape index (κ2) is 10.2. The molecule has 6 N–H and O–H groups in total. The van der Waals surface area contributed by atoms with Crippen LogP contribution in [0.15, 0.2) is 66.9 Å². The molecule has 10 heteroatoms. The number of rotatable bonds is 8. The van der Waals surface area contributed by atoms with E-state index in [4.69, 9.17) is 11.5 Å². The predicted molar refractivity (Wildman–Crippen MR) is 140 cm³/mol. The van der Waals surface area contributed by atoms with E-state index in [9.17, 15) is 18.0 Å². The third kappa shape index (κ3) is 5.97. The van der Waals surface area contributed by atoms with E-state index in [2.05, 4.69) is 23.8 Å². The molecule has 1 heterocycles. The van der Waals surface area contributed by atoms with E-state index < -0.39 is 15.9 Å². The number of primary amides is 1. The highest BCUT2D eigenvalue weighted by atomic mass is 32.2. The Morgan fingerprint density at radius 2 is 1.89 bits per heavy atom. The molecule has 2 aromatic rings. The van der Waals surface area contributed by atoms with Crippen LogP contribution in [0, 0.1) is 6.92 Å². The summed E-state index contributed by atoms with van der Waals surface area (Å²) in [5.41, 5.74) is 17.1. The quantitative estimate of drug-likeness (QED) is 0.327. The summed E-state index contributed by atoms with van der Waals surface area (Å²) in [4.78, 5) is 23.9. The maximum absolute atomic E-state index is 12.2. The zero-order valence-electron chi connectivity index (χ0n) is 19.7. The summed E-state index contributed by atoms with van der Waals surface area (Å²) in [6, 6.07) is 8.55. The van der Waals surface area contributed by atoms with Gasteiger partial charge >= 0.3 is 0 Å². The van der Waals surface area contributed by atoms with Gasteiger partial charge in [-0.1, -0.05) is 25.3 Å². The number of nitrogen functional groups attached to an aromatic ring is 1. The van der Waals surface area contributed by atoms with Gasteiger partial charge < -0.3 is 22.1 Å². The Kier molecular flexibility index (Phi) is 7.47. The lowest BCUT2D eigenvalue weighted by molar-refractivity contribution is -0.111. The fourth-order valence-corrected chi connectivity index (χ4v) is 4.69. The summed E-state index contributed by atoms with van der Waals surface area (Å²) < 4.78 is 25.0. The minimum atomic E-state index is -3.28. The van der Waals surface area contributed by atoms with Crippen molar-refractivity contribution in [3.8, 4) is 11.1 Å². The molecule has 0 unspecified atom stereocenters. The molecule has 9 nitrogen and oxygen atoms in total. The van der Waals surface area contributed by atoms with E-state index in [1.54, 1.807) is 36.4 Å². The molecule has 1 aliphatic heterocycles. The molecule has 184 valence electrons. The highest BCUT2D eigenvalue weighted by Gasteiger charge is 2.22. The number of carbonyl (C=O) groups is 2. The van der Waals surface area contributed by atoms with E-state index >= 15 is 0 Å². The van der Waals surface area contributed by atoms with Gasteiger partial charge in [0.25, 0.3) is 5.91 Å². The Hall–Kier alpha value is -3.89. The van der Waals surface area contributed by atoms with Gasteiger partial charge in [0, 0.05) is 30.2 Å². The second-order valence-corrected chi connectivity index (χ2v) is 10.2. The van der Waals surface area contributed by atoms with Crippen molar-refractivity contribution in [3.63, 3.8) is 0 Å². The molecule has 3 rings (SSSR count). The minimum absolute atomic E-state index is 0.249. The number of nitrogens with one attached hydrogen (secondary N) is 2. The zero-order chi connectivity index (χ0) is 25.9. The molecule has 0 radical (unpaired) electrons. The van der Waals surface area contributed by atoms with Gasteiger partial charge in [-0.25, -0.2) is 8.42 Å². The maximum Gasteiger partial charge on any atom is 0.250 e. The Morgan fingerprint density at radius 3 is 2.46 bits per heavy atom. The second-order valence-electron chi connectivity index (χ2n) is 8.27. The summed E-state index contributed by atoms with van der Waals surface area (Å²) in [6.07, 6.45) is 4.62. The molecule has 0 fully saturated rings. The number of nitrogens with zero attached hydrogens (tertiary/aromatic N) is 1. The van der Waals surface area contributed by atoms with Crippen LogP contribution >= 0.6 is 0 Å². The van der Waals surface area contributed by atoms with Crippen LogP contribution in [-0.2, 0) is 14.8 Å². The standard InChI is InChI=1S/C25H29N5O4S/c1-5-23(31)29-20-13-18(12-19(26)14-20)21-6-7-22(25(27)32)24(15(21)2)28-16(3)17-8-10-30(11-9-17)35(4,33)34/h5-8,12-14,28H,1,3,9-11,26H2,2,4H3,(H2,27,32)(H,29,31). The number of sulfonamides is 1. The Bertz CT molecular complexity index is 1360. The number of anilines is 3. The number of benzene rings is 2. The number of carbonyl (C=O) groups excluding carboxylic acids is 2. The Balaban J connectivity index is 1.98. The van der Waals surface area contributed by atoms with Crippen molar-refractivity contribution in [1.82, 2.24) is 4.31 Å². The molecule has 35 heavy (non-hydrogen) atoms. The lowest BCUT2D eigenvalue weighted by Gasteiger charge is -2.26. The maximum atomic E-state index is 12.2. The third-order valence-corrected chi connectivity index (χ3v) is 7.02. The van der Waals surface area contributed by atoms with Gasteiger partial charge in [0.15, 0.2) is 0 Å². The topological polar surface area (TPSA) is 148 Å². The molecule has 0 saturated carbocycles. The average molecular weight is 496 g/mol. The molecule has 0 bridgehead atoms. The van der Waals surface area contributed by atoms with Gasteiger partial charge in [0.2, 0.25) is 15.9 Å². The number of nitrogens with two attached hydrogens (primary N) is 2. The fourth-order valence-electron chi connectivity index (χ4n) is 3.92. The van der Waals surface area contributed by atoms with Crippen molar-refractivity contribution in [2.24, 2.45) is 5.73 Å². The van der Waals surface area contributed by atoms with E-state index in [-0.39, 0.29) is 18.0 Å². The number of hydrogen-bond acceptors (Lipinski definition) is 6. The van der Waals surface area contributed by atoms with Crippen molar-refractivity contribution in [3.05, 3.63) is 78.0 Å². The van der Waals surface area contributed by atoms with Gasteiger partial charge in [-0.3, -0.25) is 9.59 Å². The highest BCUT2D eigenvalue weighted by molar-refractivity contribution is 7.88. The molecular formula is C25H29N5O4S.